The third-order valence-electron chi connectivity index (χ3n) is 1.73. The average molecular weight is 204 g/mol. The van der Waals surface area contributed by atoms with Gasteiger partial charge in [-0.1, -0.05) is 30.3 Å². The van der Waals surface area contributed by atoms with Gasteiger partial charge in [-0.25, -0.2) is 4.79 Å². The highest BCUT2D eigenvalue weighted by Gasteiger charge is 2.03. The number of nitrogens with zero attached hydrogens (tertiary/aromatic N) is 2. The number of azo groups is 1. The Morgan fingerprint density at radius 1 is 1.33 bits per heavy atom. The molecule has 0 bridgehead atoms. The summed E-state index contributed by atoms with van der Waals surface area (Å²) >= 11 is 0. The van der Waals surface area contributed by atoms with Crippen LogP contribution in [0.5, 0.6) is 0 Å². The monoisotopic (exact) mass is 204 g/mol. The zero-order chi connectivity index (χ0) is 11.1. The molecule has 4 nitrogen and oxygen atoms in total. The number of carbonyl (C=O) groups is 1. The molecule has 0 unspecified atom stereocenters. The highest BCUT2D eigenvalue weighted by atomic mass is 16.5. The molecule has 0 aliphatic carbocycles. The van der Waals surface area contributed by atoms with E-state index in [0.717, 1.165) is 5.56 Å². The Bertz CT molecular complexity index is 383. The summed E-state index contributed by atoms with van der Waals surface area (Å²) in [4.78, 5) is 11.1. The maximum absolute atomic E-state index is 11.1. The minimum atomic E-state index is -0.443. The third kappa shape index (κ3) is 3.34. The summed E-state index contributed by atoms with van der Waals surface area (Å²) in [7, 11) is 2.87. The Morgan fingerprint density at radius 3 is 2.53 bits per heavy atom. The van der Waals surface area contributed by atoms with E-state index in [1.54, 1.807) is 7.05 Å². The molecule has 1 aromatic carbocycles. The van der Waals surface area contributed by atoms with Gasteiger partial charge in [-0.15, -0.1) is 0 Å². The maximum Gasteiger partial charge on any atom is 0.332 e. The van der Waals surface area contributed by atoms with E-state index < -0.39 is 5.97 Å². The molecule has 15 heavy (non-hydrogen) atoms. The molecule has 1 rings (SSSR count). The van der Waals surface area contributed by atoms with Crippen LogP contribution in [0.25, 0.3) is 5.70 Å². The molecular weight excluding hydrogens is 192 g/mol. The Hall–Kier alpha value is -1.97. The van der Waals surface area contributed by atoms with Crippen LogP contribution in [0.4, 0.5) is 0 Å². The van der Waals surface area contributed by atoms with Crippen molar-refractivity contribution in [2.45, 2.75) is 0 Å². The summed E-state index contributed by atoms with van der Waals surface area (Å²) in [6.45, 7) is 0. The van der Waals surface area contributed by atoms with Crippen molar-refractivity contribution in [2.75, 3.05) is 14.2 Å². The van der Waals surface area contributed by atoms with Crippen molar-refractivity contribution >= 4 is 11.7 Å². The fraction of sp³-hybridized carbons (Fsp3) is 0.182. The van der Waals surface area contributed by atoms with Gasteiger partial charge in [-0.05, 0) is 0 Å². The summed E-state index contributed by atoms with van der Waals surface area (Å²) in [6, 6.07) is 9.33. The lowest BCUT2D eigenvalue weighted by Gasteiger charge is -1.99. The van der Waals surface area contributed by atoms with Crippen LogP contribution in [0.3, 0.4) is 0 Å². The first-order chi connectivity index (χ1) is 7.27. The Labute approximate surface area is 88.3 Å². The first-order valence-electron chi connectivity index (χ1n) is 4.43. The van der Waals surface area contributed by atoms with Crippen LogP contribution in [0.2, 0.25) is 0 Å². The van der Waals surface area contributed by atoms with Gasteiger partial charge in [0.1, 0.15) is 0 Å². The van der Waals surface area contributed by atoms with E-state index in [4.69, 9.17) is 0 Å². The largest absolute Gasteiger partial charge is 0.466 e. The van der Waals surface area contributed by atoms with E-state index in [0.29, 0.717) is 5.70 Å². The van der Waals surface area contributed by atoms with Crippen molar-refractivity contribution in [1.29, 1.82) is 0 Å². The Balaban J connectivity index is 3.04. The normalized spacial score (nSPS) is 11.7. The molecule has 0 amide bonds. The number of carbonyl (C=O) groups excluding carboxylic acids is 1. The average Bonchev–Trinajstić information content (AvgIpc) is 2.29. The van der Waals surface area contributed by atoms with Crippen LogP contribution in [-0.4, -0.2) is 20.1 Å². The lowest BCUT2D eigenvalue weighted by molar-refractivity contribution is -0.134. The van der Waals surface area contributed by atoms with Gasteiger partial charge in [-0.2, -0.15) is 10.2 Å². The summed E-state index contributed by atoms with van der Waals surface area (Å²) < 4.78 is 4.53. The topological polar surface area (TPSA) is 51.0 Å². The van der Waals surface area contributed by atoms with Crippen molar-refractivity contribution in [3.63, 3.8) is 0 Å². The molecule has 0 N–H and O–H groups in total. The highest BCUT2D eigenvalue weighted by molar-refractivity contribution is 5.90. The SMILES string of the molecule is CN=N/C(=C\C(=O)OC)c1ccccc1. The van der Waals surface area contributed by atoms with E-state index in [-0.39, 0.29) is 0 Å². The molecule has 0 saturated carbocycles. The van der Waals surface area contributed by atoms with E-state index in [1.165, 1.54) is 13.2 Å². The fourth-order valence-electron chi connectivity index (χ4n) is 1.06. The molecule has 4 heteroatoms. The molecule has 0 aromatic heterocycles. The van der Waals surface area contributed by atoms with Crippen molar-refractivity contribution in [3.8, 4) is 0 Å². The molecule has 0 spiro atoms. The minimum Gasteiger partial charge on any atom is -0.466 e. The first-order valence-corrected chi connectivity index (χ1v) is 4.43. The Kier molecular flexibility index (Phi) is 4.22. The molecule has 1 aromatic rings. The van der Waals surface area contributed by atoms with Crippen LogP contribution in [0.1, 0.15) is 5.56 Å². The van der Waals surface area contributed by atoms with Gasteiger partial charge < -0.3 is 4.74 Å². The van der Waals surface area contributed by atoms with E-state index in [2.05, 4.69) is 15.0 Å². The van der Waals surface area contributed by atoms with Gasteiger partial charge in [0.25, 0.3) is 0 Å². The van der Waals surface area contributed by atoms with Crippen molar-refractivity contribution in [2.24, 2.45) is 10.2 Å². The smallest absolute Gasteiger partial charge is 0.332 e. The summed E-state index contributed by atoms with van der Waals surface area (Å²) in [5.74, 6) is -0.443. The lowest BCUT2D eigenvalue weighted by atomic mass is 10.1. The van der Waals surface area contributed by atoms with Crippen molar-refractivity contribution < 1.29 is 9.53 Å². The van der Waals surface area contributed by atoms with Gasteiger partial charge in [0.2, 0.25) is 0 Å². The molecular formula is C11H12N2O2. The second-order valence-electron chi connectivity index (χ2n) is 2.72. The van der Waals surface area contributed by atoms with Crippen molar-refractivity contribution in [1.82, 2.24) is 0 Å². The lowest BCUT2D eigenvalue weighted by Crippen LogP contribution is -1.96. The molecule has 0 aliphatic rings. The fourth-order valence-corrected chi connectivity index (χ4v) is 1.06. The second kappa shape index (κ2) is 5.70. The first kappa shape index (κ1) is 11.1. The predicted octanol–water partition coefficient (Wildman–Crippen LogP) is 2.28. The minimum absolute atomic E-state index is 0.443. The van der Waals surface area contributed by atoms with Crippen LogP contribution in [0.15, 0.2) is 46.6 Å². The predicted molar refractivity (Wildman–Crippen MR) is 57.2 cm³/mol. The number of ether oxygens (including phenoxy) is 1. The number of hydrogen-bond acceptors (Lipinski definition) is 4. The van der Waals surface area contributed by atoms with E-state index in [9.17, 15) is 4.79 Å². The van der Waals surface area contributed by atoms with Crippen LogP contribution in [-0.2, 0) is 9.53 Å². The van der Waals surface area contributed by atoms with Crippen LogP contribution >= 0.6 is 0 Å². The quantitative estimate of drug-likeness (QED) is 0.431. The standard InChI is InChI=1S/C11H12N2O2/c1-12-13-10(8-11(14)15-2)9-6-4-3-5-7-9/h3-8H,1-2H3/b10-8-,13-12?. The Morgan fingerprint density at radius 2 is 2.00 bits per heavy atom. The van der Waals surface area contributed by atoms with Gasteiger partial charge in [0.15, 0.2) is 0 Å². The molecule has 78 valence electrons. The molecule has 0 fully saturated rings. The summed E-state index contributed by atoms with van der Waals surface area (Å²) in [5, 5.41) is 7.52. The second-order valence-corrected chi connectivity index (χ2v) is 2.72. The van der Waals surface area contributed by atoms with E-state index >= 15 is 0 Å². The van der Waals surface area contributed by atoms with E-state index in [1.807, 2.05) is 30.3 Å². The molecule has 0 saturated heterocycles. The van der Waals surface area contributed by atoms with Gasteiger partial charge in [0.05, 0.1) is 18.9 Å². The number of rotatable bonds is 3. The number of methoxy groups -OCH3 is 1. The van der Waals surface area contributed by atoms with Gasteiger partial charge in [-0.3, -0.25) is 0 Å². The molecule has 0 radical (unpaired) electrons. The number of benzene rings is 1. The zero-order valence-electron chi connectivity index (χ0n) is 8.68. The maximum atomic E-state index is 11.1. The number of hydrogen-bond donors (Lipinski definition) is 0. The number of esters is 1. The van der Waals surface area contributed by atoms with Crippen LogP contribution < -0.4 is 0 Å². The molecule has 0 atom stereocenters. The zero-order valence-corrected chi connectivity index (χ0v) is 8.68. The third-order valence-corrected chi connectivity index (χ3v) is 1.73. The van der Waals surface area contributed by atoms with Gasteiger partial charge >= 0.3 is 5.97 Å². The van der Waals surface area contributed by atoms with Crippen LogP contribution in [0, 0.1) is 0 Å². The van der Waals surface area contributed by atoms with Gasteiger partial charge in [0, 0.05) is 12.6 Å². The highest BCUT2D eigenvalue weighted by Crippen LogP contribution is 2.15. The molecule has 0 aliphatic heterocycles. The molecule has 0 heterocycles. The summed E-state index contributed by atoms with van der Waals surface area (Å²) in [6.07, 6.45) is 1.31. The summed E-state index contributed by atoms with van der Waals surface area (Å²) in [5.41, 5.74) is 1.32. The van der Waals surface area contributed by atoms with Crippen molar-refractivity contribution in [3.05, 3.63) is 42.0 Å².